The normalized spacial score (nSPS) is 12.4. The minimum absolute atomic E-state index is 0.281. The molecule has 0 saturated carbocycles. The van der Waals surface area contributed by atoms with Crippen molar-refractivity contribution in [1.82, 2.24) is 10.6 Å². The highest BCUT2D eigenvalue weighted by atomic mass is 16.5. The molecule has 0 radical (unpaired) electrons. The van der Waals surface area contributed by atoms with E-state index in [-0.39, 0.29) is 25.1 Å². The van der Waals surface area contributed by atoms with E-state index >= 15 is 0 Å². The third-order valence-electron chi connectivity index (χ3n) is 11.3. The largest absolute Gasteiger partial charge is 0.491 e. The van der Waals surface area contributed by atoms with Crippen LogP contribution >= 0.6 is 0 Å². The molecule has 2 atom stereocenters. The SMILES string of the molecule is CC(C)CCCCCCOc1cc(C(=O)NC(C)C(=O)NCCOCCOc2ccccc2C(N)c2ccccc2)cc(OCCCCCCC(C)C)c1OCCCCCCC(C)C. The van der Waals surface area contributed by atoms with Crippen LogP contribution < -0.4 is 35.3 Å². The first-order valence-corrected chi connectivity index (χ1v) is 24.7. The molecule has 64 heavy (non-hydrogen) atoms. The molecule has 10 heteroatoms. The summed E-state index contributed by atoms with van der Waals surface area (Å²) in [5.41, 5.74) is 8.81. The summed E-state index contributed by atoms with van der Waals surface area (Å²) in [4.78, 5) is 26.9. The molecule has 0 aliphatic heterocycles. The van der Waals surface area contributed by atoms with Gasteiger partial charge in [0.15, 0.2) is 11.5 Å². The smallest absolute Gasteiger partial charge is 0.252 e. The van der Waals surface area contributed by atoms with Crippen molar-refractivity contribution in [3.8, 4) is 23.0 Å². The van der Waals surface area contributed by atoms with E-state index in [4.69, 9.17) is 29.4 Å². The first kappa shape index (κ1) is 54.1. The van der Waals surface area contributed by atoms with Gasteiger partial charge in [0, 0.05) is 17.7 Å². The van der Waals surface area contributed by atoms with Gasteiger partial charge >= 0.3 is 0 Å². The zero-order valence-electron chi connectivity index (χ0n) is 40.7. The number of carbonyl (C=O) groups excluding carboxylic acids is 2. The van der Waals surface area contributed by atoms with Crippen molar-refractivity contribution >= 4 is 11.8 Å². The number of amides is 2. The fraction of sp³-hybridized carbons (Fsp3) is 0.630. The number of rotatable bonds is 36. The second kappa shape index (κ2) is 32.4. The lowest BCUT2D eigenvalue weighted by atomic mass is 9.99. The van der Waals surface area contributed by atoms with Crippen molar-refractivity contribution in [3.63, 3.8) is 0 Å². The van der Waals surface area contributed by atoms with Gasteiger partial charge < -0.3 is 40.1 Å². The zero-order valence-corrected chi connectivity index (χ0v) is 40.7. The highest BCUT2D eigenvalue weighted by Crippen LogP contribution is 2.40. The molecule has 2 unspecified atom stereocenters. The number of hydrogen-bond donors (Lipinski definition) is 3. The molecule has 0 bridgehead atoms. The molecular formula is C54H85N3O7. The number of carbonyl (C=O) groups is 2. The maximum Gasteiger partial charge on any atom is 0.252 e. The first-order valence-electron chi connectivity index (χ1n) is 24.7. The van der Waals surface area contributed by atoms with Crippen molar-refractivity contribution in [2.24, 2.45) is 23.5 Å². The minimum atomic E-state index is -0.793. The van der Waals surface area contributed by atoms with Crippen LogP contribution in [0.15, 0.2) is 66.7 Å². The molecule has 0 heterocycles. The van der Waals surface area contributed by atoms with Gasteiger partial charge in [-0.2, -0.15) is 0 Å². The summed E-state index contributed by atoms with van der Waals surface area (Å²) in [5, 5.41) is 5.75. The fourth-order valence-corrected chi connectivity index (χ4v) is 7.39. The van der Waals surface area contributed by atoms with E-state index in [2.05, 4.69) is 52.2 Å². The van der Waals surface area contributed by atoms with E-state index in [1.807, 2.05) is 54.6 Å². The third-order valence-corrected chi connectivity index (χ3v) is 11.3. The van der Waals surface area contributed by atoms with Crippen LogP contribution in [0, 0.1) is 17.8 Å². The number of nitrogens with one attached hydrogen (secondary N) is 2. The van der Waals surface area contributed by atoms with Gasteiger partial charge in [-0.15, -0.1) is 0 Å². The van der Waals surface area contributed by atoms with Gasteiger partial charge in [0.1, 0.15) is 18.4 Å². The van der Waals surface area contributed by atoms with Crippen LogP contribution in [-0.2, 0) is 9.53 Å². The Morgan fingerprint density at radius 3 is 1.56 bits per heavy atom. The fourth-order valence-electron chi connectivity index (χ4n) is 7.39. The van der Waals surface area contributed by atoms with Crippen LogP contribution in [0.4, 0.5) is 0 Å². The predicted octanol–water partition coefficient (Wildman–Crippen LogP) is 12.0. The Labute approximate surface area is 387 Å². The molecular weight excluding hydrogens is 803 g/mol. The maximum atomic E-state index is 13.8. The summed E-state index contributed by atoms with van der Waals surface area (Å²) < 4.78 is 31.1. The van der Waals surface area contributed by atoms with Crippen LogP contribution in [0.3, 0.4) is 0 Å². The Bertz CT molecular complexity index is 1660. The molecule has 2 amide bonds. The van der Waals surface area contributed by atoms with Crippen molar-refractivity contribution in [3.05, 3.63) is 83.4 Å². The Morgan fingerprint density at radius 1 is 0.531 bits per heavy atom. The van der Waals surface area contributed by atoms with Gasteiger partial charge in [0.25, 0.3) is 5.91 Å². The Hall–Kier alpha value is -4.28. The number of ether oxygens (including phenoxy) is 5. The lowest BCUT2D eigenvalue weighted by Crippen LogP contribution is -2.45. The van der Waals surface area contributed by atoms with E-state index in [9.17, 15) is 9.59 Å². The minimum Gasteiger partial charge on any atom is -0.491 e. The zero-order chi connectivity index (χ0) is 46.4. The number of hydrogen-bond acceptors (Lipinski definition) is 8. The average molecular weight is 888 g/mol. The van der Waals surface area contributed by atoms with E-state index in [1.165, 1.54) is 44.9 Å². The van der Waals surface area contributed by atoms with Crippen LogP contribution in [-0.4, -0.2) is 64.0 Å². The number of unbranched alkanes of at least 4 members (excludes halogenated alkanes) is 9. The number of nitrogens with two attached hydrogens (primary N) is 1. The van der Waals surface area contributed by atoms with Gasteiger partial charge in [0.2, 0.25) is 11.7 Å². The molecule has 3 aromatic rings. The first-order chi connectivity index (χ1) is 31.0. The van der Waals surface area contributed by atoms with Crippen molar-refractivity contribution < 1.29 is 33.3 Å². The average Bonchev–Trinajstić information content (AvgIpc) is 3.27. The van der Waals surface area contributed by atoms with Crippen molar-refractivity contribution in [2.75, 3.05) is 46.2 Å². The topological polar surface area (TPSA) is 130 Å². The Morgan fingerprint density at radius 2 is 1.02 bits per heavy atom. The predicted molar refractivity (Wildman–Crippen MR) is 262 cm³/mol. The van der Waals surface area contributed by atoms with E-state index in [1.54, 1.807) is 19.1 Å². The molecule has 358 valence electrons. The van der Waals surface area contributed by atoms with Gasteiger partial charge in [-0.25, -0.2) is 0 Å². The molecule has 0 spiro atoms. The summed E-state index contributed by atoms with van der Waals surface area (Å²) in [6.07, 6.45) is 16.8. The summed E-state index contributed by atoms with van der Waals surface area (Å²) in [6, 6.07) is 20.0. The molecule has 0 aromatic heterocycles. The second-order valence-electron chi connectivity index (χ2n) is 18.5. The van der Waals surface area contributed by atoms with E-state index < -0.39 is 11.9 Å². The Balaban J connectivity index is 1.59. The standard InChI is InChI=1S/C54H85N3O7/c1-41(2)25-15-8-11-22-33-61-49-39-46(40-50(62-34-23-12-9-16-26-42(3)4)52(49)64-35-24-13-10-17-27-43(5)6)54(59)57-44(7)53(58)56-32-36-60-37-38-63-48-31-21-20-30-47(48)51(55)45-28-18-14-19-29-45/h14,18-21,28-31,39-44,51H,8-13,15-17,22-27,32-38,55H2,1-7H3,(H,56,58)(H,57,59). The van der Waals surface area contributed by atoms with Crippen LogP contribution in [0.2, 0.25) is 0 Å². The highest BCUT2D eigenvalue weighted by molar-refractivity contribution is 5.98. The highest BCUT2D eigenvalue weighted by Gasteiger charge is 2.22. The summed E-state index contributed by atoms with van der Waals surface area (Å²) >= 11 is 0. The van der Waals surface area contributed by atoms with Crippen molar-refractivity contribution in [1.29, 1.82) is 0 Å². The maximum absolute atomic E-state index is 13.8. The molecule has 4 N–H and O–H groups in total. The van der Waals surface area contributed by atoms with Crippen molar-refractivity contribution in [2.45, 2.75) is 157 Å². The lowest BCUT2D eigenvalue weighted by molar-refractivity contribution is -0.122. The second-order valence-corrected chi connectivity index (χ2v) is 18.5. The summed E-state index contributed by atoms with van der Waals surface area (Å²) in [5.74, 6) is 3.69. The monoisotopic (exact) mass is 888 g/mol. The molecule has 10 nitrogen and oxygen atoms in total. The molecule has 0 aliphatic carbocycles. The molecule has 3 rings (SSSR count). The lowest BCUT2D eigenvalue weighted by Gasteiger charge is -2.20. The van der Waals surface area contributed by atoms with Crippen LogP contribution in [0.25, 0.3) is 0 Å². The Kier molecular flexibility index (Phi) is 27.4. The van der Waals surface area contributed by atoms with E-state index in [0.29, 0.717) is 79.3 Å². The van der Waals surface area contributed by atoms with Gasteiger partial charge in [0.05, 0.1) is 39.1 Å². The quantitative estimate of drug-likeness (QED) is 0.0492. The molecule has 3 aromatic carbocycles. The van der Waals surface area contributed by atoms with Crippen LogP contribution in [0.1, 0.15) is 172 Å². The van der Waals surface area contributed by atoms with Gasteiger partial charge in [-0.05, 0) is 67.7 Å². The van der Waals surface area contributed by atoms with Crippen LogP contribution in [0.5, 0.6) is 23.0 Å². The van der Waals surface area contributed by atoms with Gasteiger partial charge in [-0.3, -0.25) is 9.59 Å². The molecule has 0 aliphatic rings. The molecule has 0 fully saturated rings. The summed E-state index contributed by atoms with van der Waals surface area (Å²) in [7, 11) is 0. The summed E-state index contributed by atoms with van der Waals surface area (Å²) in [6.45, 7) is 18.1. The number of benzene rings is 3. The van der Waals surface area contributed by atoms with E-state index in [0.717, 1.165) is 62.5 Å². The van der Waals surface area contributed by atoms with Gasteiger partial charge in [-0.1, -0.05) is 167 Å². The molecule has 0 saturated heterocycles. The number of para-hydroxylation sites is 1. The third kappa shape index (κ3) is 22.6.